The van der Waals surface area contributed by atoms with Gasteiger partial charge in [-0.05, 0) is 0 Å². The fraction of sp³-hybridized carbons (Fsp3) is 0.0541. The van der Waals surface area contributed by atoms with Crippen LogP contribution in [-0.4, -0.2) is 3.21 Å². The zero-order valence-corrected chi connectivity index (χ0v) is 26.4. The Morgan fingerprint density at radius 1 is 0.561 bits per heavy atom. The van der Waals surface area contributed by atoms with Crippen LogP contribution in [0.3, 0.4) is 0 Å². The van der Waals surface area contributed by atoms with Crippen molar-refractivity contribution in [3.05, 3.63) is 183 Å². The number of halogens is 3. The first-order chi connectivity index (χ1) is 19.3. The molecule has 5 aromatic rings. The molecule has 0 saturated heterocycles. The zero-order valence-electron chi connectivity index (χ0n) is 22.3. The van der Waals surface area contributed by atoms with Gasteiger partial charge >= 0.3 is 238 Å². The Kier molecular flexibility index (Phi) is 9.15. The van der Waals surface area contributed by atoms with Gasteiger partial charge in [-0.2, -0.15) is 0 Å². The Morgan fingerprint density at radius 2 is 1.02 bits per heavy atom. The maximum atomic E-state index is 15.3. The molecule has 2 aliphatic carbocycles. The molecule has 0 bridgehead atoms. The van der Waals surface area contributed by atoms with Gasteiger partial charge in [0.15, 0.2) is 0 Å². The van der Waals surface area contributed by atoms with E-state index < -0.39 is 21.3 Å². The second-order valence-corrected chi connectivity index (χ2v) is 16.3. The predicted molar refractivity (Wildman–Crippen MR) is 171 cm³/mol. The minimum atomic E-state index is -2.92. The van der Waals surface area contributed by atoms with Gasteiger partial charge in [0.05, 0.1) is 0 Å². The average molecular weight is 655 g/mol. The molecule has 5 aromatic carbocycles. The van der Waals surface area contributed by atoms with Crippen molar-refractivity contribution in [3.8, 4) is 11.1 Å². The van der Waals surface area contributed by atoms with Crippen LogP contribution in [0.4, 0.5) is 4.39 Å². The molecule has 0 N–H and O–H groups in total. The van der Waals surface area contributed by atoms with Crippen molar-refractivity contribution in [2.45, 2.75) is 10.0 Å². The van der Waals surface area contributed by atoms with Gasteiger partial charge in [-0.1, -0.05) is 0 Å². The van der Waals surface area contributed by atoms with Gasteiger partial charge in [0, 0.05) is 0 Å². The van der Waals surface area contributed by atoms with E-state index in [1.165, 1.54) is 39.9 Å². The Balaban J connectivity index is 0.00000169. The molecule has 7 rings (SSSR count). The van der Waals surface area contributed by atoms with Crippen molar-refractivity contribution < 1.29 is 25.7 Å². The maximum absolute atomic E-state index is 15.3. The topological polar surface area (TPSA) is 0 Å². The molecule has 0 spiro atoms. The van der Waals surface area contributed by atoms with E-state index in [2.05, 4.69) is 121 Å². The van der Waals surface area contributed by atoms with Gasteiger partial charge in [-0.3, -0.25) is 0 Å². The first-order valence-electron chi connectivity index (χ1n) is 13.5. The van der Waals surface area contributed by atoms with Crippen LogP contribution in [0.25, 0.3) is 16.7 Å². The van der Waals surface area contributed by atoms with E-state index in [0.717, 1.165) is 17.6 Å². The molecule has 0 nitrogen and oxygen atoms in total. The molecular formula is C37H29Cl2FZr. The summed E-state index contributed by atoms with van der Waals surface area (Å²) in [6.07, 6.45) is 5.30. The summed E-state index contributed by atoms with van der Waals surface area (Å²) in [5.74, 6) is -0.146. The molecule has 2 aliphatic rings. The standard InChI is InChI=1S/C13H9.C13H10.C11H8F.2ClH.Zr/c1-3-7-12-10(5-1)9-11-6-2-4-8-13(11)12;1-3-7-12(8-4-1)11-13-9-5-2-6-10-13;12-11-8-4-3-7-10(11)9-5-1-2-6-9;;;/h1-9H;1-10H;1,3-5,7-8H,2H2;2*1H;. The average Bonchev–Trinajstić information content (AvgIpc) is 3.60. The summed E-state index contributed by atoms with van der Waals surface area (Å²) in [5, 5.41) is 0. The normalized spacial score (nSPS) is 13.2. The van der Waals surface area contributed by atoms with Crippen LogP contribution in [0, 0.1) is 5.82 Å². The zero-order chi connectivity index (χ0) is 26.2. The van der Waals surface area contributed by atoms with E-state index in [4.69, 9.17) is 0 Å². The quantitative estimate of drug-likeness (QED) is 0.177. The first kappa shape index (κ1) is 29.3. The predicted octanol–water partition coefficient (Wildman–Crippen LogP) is 10.00. The number of allylic oxidation sites excluding steroid dienone is 4. The summed E-state index contributed by atoms with van der Waals surface area (Å²) in [7, 11) is 0. The number of rotatable bonds is 5. The number of benzene rings is 5. The molecule has 0 saturated carbocycles. The summed E-state index contributed by atoms with van der Waals surface area (Å²) >= 11 is -2.92. The van der Waals surface area contributed by atoms with Gasteiger partial charge in [-0.15, -0.1) is 24.8 Å². The van der Waals surface area contributed by atoms with Gasteiger partial charge in [0.2, 0.25) is 0 Å². The summed E-state index contributed by atoms with van der Waals surface area (Å²) < 4.78 is 18.6. The van der Waals surface area contributed by atoms with E-state index in [1.807, 2.05) is 12.1 Å². The first-order valence-corrected chi connectivity index (χ1v) is 17.4. The molecule has 41 heavy (non-hydrogen) atoms. The molecule has 0 radical (unpaired) electrons. The third-order valence-corrected chi connectivity index (χ3v) is 16.4. The summed E-state index contributed by atoms with van der Waals surface area (Å²) in [6, 6.07) is 47.0. The van der Waals surface area contributed by atoms with Crippen LogP contribution in [0.15, 0.2) is 149 Å². The molecule has 0 aromatic heterocycles. The van der Waals surface area contributed by atoms with E-state index in [1.54, 1.807) is 12.1 Å². The molecule has 0 fully saturated rings. The second-order valence-electron chi connectivity index (χ2n) is 10.1. The summed E-state index contributed by atoms with van der Waals surface area (Å²) in [4.78, 5) is 0. The molecule has 0 aliphatic heterocycles. The molecular weight excluding hydrogens is 626 g/mol. The number of hydrogen-bond donors (Lipinski definition) is 0. The van der Waals surface area contributed by atoms with E-state index in [0.29, 0.717) is 3.63 Å². The number of fused-ring (bicyclic) bond motifs is 3. The monoisotopic (exact) mass is 652 g/mol. The van der Waals surface area contributed by atoms with Crippen LogP contribution in [-0.2, 0) is 21.3 Å². The van der Waals surface area contributed by atoms with Crippen LogP contribution >= 0.6 is 24.8 Å². The third kappa shape index (κ3) is 5.30. The Hall–Kier alpha value is -3.16. The van der Waals surface area contributed by atoms with Gasteiger partial charge < -0.3 is 0 Å². The molecule has 0 heterocycles. The van der Waals surface area contributed by atoms with Gasteiger partial charge in [0.25, 0.3) is 0 Å². The SMILES string of the molecule is Cl.Cl.Fc1ccccc1C1=[C]([Zr](=[C](c2ccccc2)c2ccccc2)[CH]2c3ccccc3-c3ccccc32)CC=C1. The van der Waals surface area contributed by atoms with E-state index in [9.17, 15) is 0 Å². The van der Waals surface area contributed by atoms with E-state index in [-0.39, 0.29) is 30.6 Å². The van der Waals surface area contributed by atoms with Crippen molar-refractivity contribution in [2.75, 3.05) is 0 Å². The fourth-order valence-corrected chi connectivity index (χ4v) is 15.8. The van der Waals surface area contributed by atoms with Crippen LogP contribution in [0.5, 0.6) is 0 Å². The Labute approximate surface area is 261 Å². The Morgan fingerprint density at radius 3 is 1.56 bits per heavy atom. The fourth-order valence-electron chi connectivity index (χ4n) is 6.32. The molecule has 0 atom stereocenters. The van der Waals surface area contributed by atoms with Crippen molar-refractivity contribution in [1.29, 1.82) is 0 Å². The van der Waals surface area contributed by atoms with Crippen molar-refractivity contribution in [1.82, 2.24) is 0 Å². The molecule has 4 heteroatoms. The van der Waals surface area contributed by atoms with Gasteiger partial charge in [-0.25, -0.2) is 0 Å². The third-order valence-electron chi connectivity index (χ3n) is 7.94. The van der Waals surface area contributed by atoms with Crippen molar-refractivity contribution >= 4 is 33.6 Å². The van der Waals surface area contributed by atoms with Crippen molar-refractivity contribution in [3.63, 3.8) is 0 Å². The van der Waals surface area contributed by atoms with Crippen LogP contribution < -0.4 is 0 Å². The minimum absolute atomic E-state index is 0. The van der Waals surface area contributed by atoms with Gasteiger partial charge in [0.1, 0.15) is 0 Å². The van der Waals surface area contributed by atoms with Crippen LogP contribution in [0.2, 0.25) is 0 Å². The second kappa shape index (κ2) is 12.8. The number of hydrogen-bond acceptors (Lipinski definition) is 0. The van der Waals surface area contributed by atoms with E-state index >= 15 is 4.39 Å². The van der Waals surface area contributed by atoms with Crippen LogP contribution in [0.1, 0.15) is 37.9 Å². The Bertz CT molecular complexity index is 1700. The summed E-state index contributed by atoms with van der Waals surface area (Å²) in [5.41, 5.74) is 9.91. The summed E-state index contributed by atoms with van der Waals surface area (Å²) in [6.45, 7) is 0. The molecule has 0 amide bonds. The molecule has 202 valence electrons. The van der Waals surface area contributed by atoms with Crippen molar-refractivity contribution in [2.24, 2.45) is 0 Å². The molecule has 0 unspecified atom stereocenters.